The largest absolute Gasteiger partial charge is 0.481 e. The first kappa shape index (κ1) is 18.2. The zero-order chi connectivity index (χ0) is 16.5. The molecule has 0 saturated heterocycles. The molecule has 0 heterocycles. The van der Waals surface area contributed by atoms with Crippen LogP contribution in [0.4, 0.5) is 0 Å². The number of nitrogens with one attached hydrogen (secondary N) is 1. The number of hydrogen-bond acceptors (Lipinski definition) is 2. The molecule has 0 fully saturated rings. The molecule has 0 aliphatic carbocycles. The quantitative estimate of drug-likeness (QED) is 0.736. The first-order valence-electron chi connectivity index (χ1n) is 7.93. The number of carbonyl (C=O) groups excluding carboxylic acids is 1. The highest BCUT2D eigenvalue weighted by molar-refractivity contribution is 5.76. The van der Waals surface area contributed by atoms with E-state index in [0.717, 1.165) is 5.56 Å². The molecule has 0 aromatic heterocycles. The lowest BCUT2D eigenvalue weighted by atomic mass is 9.94. The molecule has 2 unspecified atom stereocenters. The van der Waals surface area contributed by atoms with Gasteiger partial charge < -0.3 is 10.4 Å². The fourth-order valence-corrected chi connectivity index (χ4v) is 2.24. The summed E-state index contributed by atoms with van der Waals surface area (Å²) >= 11 is 0. The van der Waals surface area contributed by atoms with Crippen molar-refractivity contribution in [3.8, 4) is 0 Å². The molecule has 0 radical (unpaired) electrons. The minimum atomic E-state index is -0.831. The van der Waals surface area contributed by atoms with Crippen molar-refractivity contribution in [2.24, 2.45) is 11.8 Å². The maximum absolute atomic E-state index is 12.1. The van der Waals surface area contributed by atoms with Gasteiger partial charge in [0.2, 0.25) is 5.91 Å². The SMILES string of the molecule is CC(C)C(C)CC(=O)NC(CCC(=O)O)Cc1ccccc1. The molecule has 0 bridgehead atoms. The Hall–Kier alpha value is -1.84. The summed E-state index contributed by atoms with van der Waals surface area (Å²) in [5.41, 5.74) is 1.11. The predicted molar refractivity (Wildman–Crippen MR) is 87.6 cm³/mol. The highest BCUT2D eigenvalue weighted by Crippen LogP contribution is 2.14. The van der Waals surface area contributed by atoms with Gasteiger partial charge in [-0.1, -0.05) is 51.1 Å². The Labute approximate surface area is 132 Å². The van der Waals surface area contributed by atoms with Gasteiger partial charge in [-0.05, 0) is 30.2 Å². The molecular weight excluding hydrogens is 278 g/mol. The predicted octanol–water partition coefficient (Wildman–Crippen LogP) is 3.26. The van der Waals surface area contributed by atoms with Gasteiger partial charge in [-0.25, -0.2) is 0 Å². The molecule has 2 atom stereocenters. The second-order valence-electron chi connectivity index (χ2n) is 6.31. The van der Waals surface area contributed by atoms with Crippen LogP contribution in [0.1, 0.15) is 45.6 Å². The van der Waals surface area contributed by atoms with E-state index < -0.39 is 5.97 Å². The summed E-state index contributed by atoms with van der Waals surface area (Å²) < 4.78 is 0. The van der Waals surface area contributed by atoms with Crippen molar-refractivity contribution in [2.45, 2.75) is 52.5 Å². The fraction of sp³-hybridized carbons (Fsp3) is 0.556. The summed E-state index contributed by atoms with van der Waals surface area (Å²) in [6.45, 7) is 6.27. The van der Waals surface area contributed by atoms with Crippen molar-refractivity contribution in [1.82, 2.24) is 5.32 Å². The van der Waals surface area contributed by atoms with Crippen molar-refractivity contribution in [3.05, 3.63) is 35.9 Å². The van der Waals surface area contributed by atoms with Crippen molar-refractivity contribution in [2.75, 3.05) is 0 Å². The van der Waals surface area contributed by atoms with Crippen LogP contribution in [0.3, 0.4) is 0 Å². The van der Waals surface area contributed by atoms with Crippen molar-refractivity contribution in [3.63, 3.8) is 0 Å². The third-order valence-corrected chi connectivity index (χ3v) is 4.04. The second kappa shape index (κ2) is 9.23. The van der Waals surface area contributed by atoms with Crippen LogP contribution in [0.15, 0.2) is 30.3 Å². The molecule has 4 nitrogen and oxygen atoms in total. The van der Waals surface area contributed by atoms with Crippen LogP contribution in [0.5, 0.6) is 0 Å². The molecule has 1 aromatic carbocycles. The zero-order valence-electron chi connectivity index (χ0n) is 13.7. The van der Waals surface area contributed by atoms with E-state index in [9.17, 15) is 9.59 Å². The van der Waals surface area contributed by atoms with E-state index in [0.29, 0.717) is 31.1 Å². The van der Waals surface area contributed by atoms with E-state index in [-0.39, 0.29) is 18.4 Å². The molecule has 1 aromatic rings. The smallest absolute Gasteiger partial charge is 0.303 e. The lowest BCUT2D eigenvalue weighted by Gasteiger charge is -2.21. The van der Waals surface area contributed by atoms with E-state index >= 15 is 0 Å². The molecule has 0 spiro atoms. The molecule has 1 amide bonds. The summed E-state index contributed by atoms with van der Waals surface area (Å²) in [4.78, 5) is 22.9. The highest BCUT2D eigenvalue weighted by atomic mass is 16.4. The molecule has 0 saturated carbocycles. The van der Waals surface area contributed by atoms with Gasteiger partial charge >= 0.3 is 5.97 Å². The number of aliphatic carboxylic acids is 1. The minimum absolute atomic E-state index is 0.00696. The Morgan fingerprint density at radius 2 is 1.77 bits per heavy atom. The van der Waals surface area contributed by atoms with Gasteiger partial charge in [0.15, 0.2) is 0 Å². The zero-order valence-corrected chi connectivity index (χ0v) is 13.7. The number of carbonyl (C=O) groups is 2. The van der Waals surface area contributed by atoms with E-state index in [1.807, 2.05) is 30.3 Å². The third-order valence-electron chi connectivity index (χ3n) is 4.04. The van der Waals surface area contributed by atoms with E-state index in [1.54, 1.807) is 0 Å². The van der Waals surface area contributed by atoms with Gasteiger partial charge in [0.1, 0.15) is 0 Å². The lowest BCUT2D eigenvalue weighted by Crippen LogP contribution is -2.37. The van der Waals surface area contributed by atoms with Gasteiger partial charge in [0.25, 0.3) is 0 Å². The monoisotopic (exact) mass is 305 g/mol. The molecular formula is C18H27NO3. The lowest BCUT2D eigenvalue weighted by molar-refractivity contribution is -0.137. The molecule has 0 aliphatic rings. The first-order valence-corrected chi connectivity index (χ1v) is 7.93. The van der Waals surface area contributed by atoms with Crippen molar-refractivity contribution in [1.29, 1.82) is 0 Å². The average molecular weight is 305 g/mol. The summed E-state index contributed by atoms with van der Waals surface area (Å²) in [5, 5.41) is 11.9. The standard InChI is InChI=1S/C18H27NO3/c1-13(2)14(3)11-17(20)19-16(9-10-18(21)22)12-15-7-5-4-6-8-15/h4-8,13-14,16H,9-12H2,1-3H3,(H,19,20)(H,21,22). The maximum atomic E-state index is 12.1. The normalized spacial score (nSPS) is 13.6. The van der Waals surface area contributed by atoms with E-state index in [4.69, 9.17) is 5.11 Å². The van der Waals surface area contributed by atoms with Crippen LogP contribution in [-0.2, 0) is 16.0 Å². The summed E-state index contributed by atoms with van der Waals surface area (Å²) in [7, 11) is 0. The number of carboxylic acids is 1. The van der Waals surface area contributed by atoms with Gasteiger partial charge in [-0.3, -0.25) is 9.59 Å². The van der Waals surface area contributed by atoms with Crippen LogP contribution in [-0.4, -0.2) is 23.0 Å². The van der Waals surface area contributed by atoms with Crippen molar-refractivity contribution >= 4 is 11.9 Å². The van der Waals surface area contributed by atoms with Crippen molar-refractivity contribution < 1.29 is 14.7 Å². The number of rotatable bonds is 9. The Morgan fingerprint density at radius 1 is 1.14 bits per heavy atom. The molecule has 0 aliphatic heterocycles. The second-order valence-corrected chi connectivity index (χ2v) is 6.31. The minimum Gasteiger partial charge on any atom is -0.481 e. The number of hydrogen-bond donors (Lipinski definition) is 2. The van der Waals surface area contributed by atoms with E-state index in [2.05, 4.69) is 26.1 Å². The third kappa shape index (κ3) is 7.25. The van der Waals surface area contributed by atoms with Crippen LogP contribution >= 0.6 is 0 Å². The maximum Gasteiger partial charge on any atom is 0.303 e. The summed E-state index contributed by atoms with van der Waals surface area (Å²) in [6, 6.07) is 9.70. The Balaban J connectivity index is 2.61. The first-order chi connectivity index (χ1) is 10.4. The number of benzene rings is 1. The van der Waals surface area contributed by atoms with Crippen LogP contribution in [0.25, 0.3) is 0 Å². The molecule has 4 heteroatoms. The Kier molecular flexibility index (Phi) is 7.64. The average Bonchev–Trinajstić information content (AvgIpc) is 2.45. The van der Waals surface area contributed by atoms with Gasteiger partial charge in [0.05, 0.1) is 0 Å². The molecule has 2 N–H and O–H groups in total. The number of amides is 1. The van der Waals surface area contributed by atoms with Gasteiger partial charge in [0, 0.05) is 18.9 Å². The Morgan fingerprint density at radius 3 is 2.32 bits per heavy atom. The van der Waals surface area contributed by atoms with Crippen LogP contribution < -0.4 is 5.32 Å². The van der Waals surface area contributed by atoms with Crippen LogP contribution in [0.2, 0.25) is 0 Å². The van der Waals surface area contributed by atoms with Gasteiger partial charge in [-0.15, -0.1) is 0 Å². The number of carboxylic acid groups (broad SMARTS) is 1. The molecule has 122 valence electrons. The topological polar surface area (TPSA) is 66.4 Å². The van der Waals surface area contributed by atoms with Gasteiger partial charge in [-0.2, -0.15) is 0 Å². The molecule has 1 rings (SSSR count). The Bertz CT molecular complexity index is 470. The summed E-state index contributed by atoms with van der Waals surface area (Å²) in [5.74, 6) is -0.0513. The van der Waals surface area contributed by atoms with Crippen LogP contribution in [0, 0.1) is 11.8 Å². The fourth-order valence-electron chi connectivity index (χ4n) is 2.24. The highest BCUT2D eigenvalue weighted by Gasteiger charge is 2.17. The summed E-state index contributed by atoms with van der Waals surface area (Å²) in [6.07, 6.45) is 1.66. The molecule has 22 heavy (non-hydrogen) atoms. The van der Waals surface area contributed by atoms with E-state index in [1.165, 1.54) is 0 Å².